The lowest BCUT2D eigenvalue weighted by Gasteiger charge is -2.15. The molecule has 0 radical (unpaired) electrons. The monoisotopic (exact) mass is 287 g/mol. The van der Waals surface area contributed by atoms with Gasteiger partial charge in [0.25, 0.3) is 0 Å². The second-order valence-electron chi connectivity index (χ2n) is 6.28. The summed E-state index contributed by atoms with van der Waals surface area (Å²) in [4.78, 5) is 0. The van der Waals surface area contributed by atoms with E-state index in [2.05, 4.69) is 36.1 Å². The number of anilines is 1. The Hall–Kier alpha value is -2.37. The molecule has 3 rings (SSSR count). The maximum absolute atomic E-state index is 13.3. The van der Waals surface area contributed by atoms with E-state index < -0.39 is 0 Å². The molecule has 2 aromatic heterocycles. The van der Waals surface area contributed by atoms with Crippen molar-refractivity contribution in [1.82, 2.24) is 20.0 Å². The number of aromatic nitrogens is 4. The van der Waals surface area contributed by atoms with Crippen molar-refractivity contribution in [1.29, 1.82) is 0 Å². The first-order valence-corrected chi connectivity index (χ1v) is 6.78. The zero-order valence-electron chi connectivity index (χ0n) is 12.5. The minimum atomic E-state index is -0.266. The molecule has 5 nitrogen and oxygen atoms in total. The summed E-state index contributed by atoms with van der Waals surface area (Å²) in [6, 6.07) is 4.60. The summed E-state index contributed by atoms with van der Waals surface area (Å²) in [5.41, 5.74) is 8.94. The van der Waals surface area contributed by atoms with Crippen LogP contribution in [0.2, 0.25) is 0 Å². The predicted octanol–water partition coefficient (Wildman–Crippen LogP) is 3.08. The number of hydrogen-bond acceptors (Lipinski definition) is 3. The van der Waals surface area contributed by atoms with Crippen molar-refractivity contribution in [2.45, 2.75) is 33.1 Å². The summed E-state index contributed by atoms with van der Waals surface area (Å²) < 4.78 is 15.0. The second-order valence-corrected chi connectivity index (χ2v) is 6.28. The van der Waals surface area contributed by atoms with Crippen LogP contribution in [0.25, 0.3) is 16.7 Å². The van der Waals surface area contributed by atoms with E-state index in [0.29, 0.717) is 11.5 Å². The quantitative estimate of drug-likeness (QED) is 0.722. The highest BCUT2D eigenvalue weighted by Crippen LogP contribution is 2.33. The molecule has 0 aliphatic heterocycles. The van der Waals surface area contributed by atoms with Crippen LogP contribution in [0.4, 0.5) is 10.2 Å². The van der Waals surface area contributed by atoms with Gasteiger partial charge < -0.3 is 5.73 Å². The van der Waals surface area contributed by atoms with E-state index in [1.54, 1.807) is 10.7 Å². The fourth-order valence-corrected chi connectivity index (χ4v) is 2.48. The van der Waals surface area contributed by atoms with Crippen LogP contribution in [0.3, 0.4) is 0 Å². The number of halogens is 1. The van der Waals surface area contributed by atoms with Crippen LogP contribution >= 0.6 is 0 Å². The maximum Gasteiger partial charge on any atom is 0.186 e. The van der Waals surface area contributed by atoms with E-state index in [4.69, 9.17) is 5.73 Å². The van der Waals surface area contributed by atoms with Gasteiger partial charge in [-0.15, -0.1) is 0 Å². The van der Waals surface area contributed by atoms with Gasteiger partial charge in [-0.3, -0.25) is 5.10 Å². The largest absolute Gasteiger partial charge is 0.383 e. The number of aromatic amines is 1. The molecule has 0 amide bonds. The summed E-state index contributed by atoms with van der Waals surface area (Å²) in [6.45, 7) is 8.06. The lowest BCUT2D eigenvalue weighted by molar-refractivity contribution is 0.564. The number of aryl methyl sites for hydroxylation is 1. The summed E-state index contributed by atoms with van der Waals surface area (Å²) in [5, 5.41) is 12.6. The Balaban J connectivity index is 2.34. The van der Waals surface area contributed by atoms with Gasteiger partial charge in [-0.1, -0.05) is 20.8 Å². The molecule has 0 saturated carbocycles. The fraction of sp³-hybridized carbons (Fsp3) is 0.333. The molecular formula is C15H18FN5. The smallest absolute Gasteiger partial charge is 0.186 e. The molecule has 3 N–H and O–H groups in total. The predicted molar refractivity (Wildman–Crippen MR) is 81.0 cm³/mol. The summed E-state index contributed by atoms with van der Waals surface area (Å²) in [6.07, 6.45) is 0. The molecular weight excluding hydrogens is 269 g/mol. The number of H-pyrrole nitrogens is 1. The summed E-state index contributed by atoms with van der Waals surface area (Å²) in [7, 11) is 0. The van der Waals surface area contributed by atoms with E-state index >= 15 is 0 Å². The van der Waals surface area contributed by atoms with Crippen molar-refractivity contribution in [3.63, 3.8) is 0 Å². The van der Waals surface area contributed by atoms with Crippen molar-refractivity contribution in [2.75, 3.05) is 5.73 Å². The number of benzene rings is 1. The van der Waals surface area contributed by atoms with Crippen molar-refractivity contribution in [3.05, 3.63) is 35.3 Å². The topological polar surface area (TPSA) is 72.5 Å². The Kier molecular flexibility index (Phi) is 2.79. The van der Waals surface area contributed by atoms with Crippen LogP contribution in [0.5, 0.6) is 0 Å². The summed E-state index contributed by atoms with van der Waals surface area (Å²) >= 11 is 0. The van der Waals surface area contributed by atoms with Gasteiger partial charge in [0.2, 0.25) is 0 Å². The van der Waals surface area contributed by atoms with Gasteiger partial charge in [0.05, 0.1) is 16.8 Å². The number of fused-ring (bicyclic) bond motifs is 1. The van der Waals surface area contributed by atoms with Crippen LogP contribution < -0.4 is 5.73 Å². The van der Waals surface area contributed by atoms with Gasteiger partial charge in [-0.2, -0.15) is 10.2 Å². The Morgan fingerprint density at radius 3 is 2.62 bits per heavy atom. The van der Waals surface area contributed by atoms with E-state index in [-0.39, 0.29) is 11.2 Å². The Morgan fingerprint density at radius 1 is 1.29 bits per heavy atom. The van der Waals surface area contributed by atoms with E-state index in [0.717, 1.165) is 22.3 Å². The molecule has 1 aromatic carbocycles. The number of nitrogens with one attached hydrogen (secondary N) is 1. The van der Waals surface area contributed by atoms with Crippen LogP contribution in [0.15, 0.2) is 18.2 Å². The number of rotatable bonds is 1. The van der Waals surface area contributed by atoms with Gasteiger partial charge in [0.1, 0.15) is 11.6 Å². The van der Waals surface area contributed by atoms with E-state index in [1.807, 2.05) is 6.92 Å². The Morgan fingerprint density at radius 2 is 2.00 bits per heavy atom. The van der Waals surface area contributed by atoms with Crippen LogP contribution in [0.1, 0.15) is 32.0 Å². The molecule has 2 heterocycles. The SMILES string of the molecule is Cc1cc(F)ccc1-n1nc(C(C)(C)C)c2c(N)[nH]nc21. The molecule has 0 fully saturated rings. The third-order valence-corrected chi connectivity index (χ3v) is 3.51. The van der Waals surface area contributed by atoms with Crippen molar-refractivity contribution < 1.29 is 4.39 Å². The van der Waals surface area contributed by atoms with Crippen molar-refractivity contribution >= 4 is 16.9 Å². The molecule has 0 atom stereocenters. The lowest BCUT2D eigenvalue weighted by Crippen LogP contribution is -2.14. The first-order chi connectivity index (χ1) is 9.79. The Labute approximate surface area is 122 Å². The number of hydrogen-bond donors (Lipinski definition) is 2. The lowest BCUT2D eigenvalue weighted by atomic mass is 9.91. The van der Waals surface area contributed by atoms with E-state index in [9.17, 15) is 4.39 Å². The standard InChI is InChI=1S/C15H18FN5/c1-8-7-9(16)5-6-10(8)21-14-11(13(17)18-19-14)12(20-21)15(2,3)4/h5-7H,1-4H3,(H3,17,18,19). The number of nitrogen functional groups attached to an aromatic ring is 1. The van der Waals surface area contributed by atoms with Crippen molar-refractivity contribution in [2.24, 2.45) is 0 Å². The summed E-state index contributed by atoms with van der Waals surface area (Å²) in [5.74, 6) is 0.234. The number of nitrogens with two attached hydrogens (primary N) is 1. The van der Waals surface area contributed by atoms with Gasteiger partial charge in [-0.05, 0) is 30.7 Å². The van der Waals surface area contributed by atoms with Gasteiger partial charge >= 0.3 is 0 Å². The first kappa shape index (κ1) is 13.6. The molecule has 0 saturated heterocycles. The average molecular weight is 287 g/mol. The van der Waals surface area contributed by atoms with Crippen LogP contribution in [-0.4, -0.2) is 20.0 Å². The van der Waals surface area contributed by atoms with Crippen LogP contribution in [0, 0.1) is 12.7 Å². The molecule has 0 unspecified atom stereocenters. The Bertz CT molecular complexity index is 823. The zero-order valence-corrected chi connectivity index (χ0v) is 12.5. The molecule has 6 heteroatoms. The highest BCUT2D eigenvalue weighted by atomic mass is 19.1. The van der Waals surface area contributed by atoms with Crippen LogP contribution in [-0.2, 0) is 5.41 Å². The molecule has 0 spiro atoms. The first-order valence-electron chi connectivity index (χ1n) is 6.78. The zero-order chi connectivity index (χ0) is 15.4. The molecule has 0 aliphatic carbocycles. The van der Waals surface area contributed by atoms with Crippen molar-refractivity contribution in [3.8, 4) is 5.69 Å². The second kappa shape index (κ2) is 4.31. The van der Waals surface area contributed by atoms with Gasteiger partial charge in [0.15, 0.2) is 5.65 Å². The molecule has 0 aliphatic rings. The molecule has 21 heavy (non-hydrogen) atoms. The van der Waals surface area contributed by atoms with E-state index in [1.165, 1.54) is 12.1 Å². The maximum atomic E-state index is 13.3. The third kappa shape index (κ3) is 2.07. The molecule has 3 aromatic rings. The average Bonchev–Trinajstić information content (AvgIpc) is 2.90. The molecule has 0 bridgehead atoms. The highest BCUT2D eigenvalue weighted by Gasteiger charge is 2.26. The third-order valence-electron chi connectivity index (χ3n) is 3.51. The minimum Gasteiger partial charge on any atom is -0.383 e. The molecule has 110 valence electrons. The van der Waals surface area contributed by atoms with Gasteiger partial charge in [0, 0.05) is 5.41 Å². The minimum absolute atomic E-state index is 0.171. The van der Waals surface area contributed by atoms with Gasteiger partial charge in [-0.25, -0.2) is 9.07 Å². The number of nitrogens with zero attached hydrogens (tertiary/aromatic N) is 3. The fourth-order valence-electron chi connectivity index (χ4n) is 2.48. The highest BCUT2D eigenvalue weighted by molar-refractivity contribution is 5.90. The normalized spacial score (nSPS) is 12.2.